The van der Waals surface area contributed by atoms with E-state index in [2.05, 4.69) is 11.1 Å². The number of hydrogen-bond acceptors (Lipinski definition) is 2. The third kappa shape index (κ3) is 1.15. The van der Waals surface area contributed by atoms with Gasteiger partial charge in [0.25, 0.3) is 0 Å². The predicted molar refractivity (Wildman–Crippen MR) is 58.1 cm³/mol. The molecule has 0 aliphatic heterocycles. The van der Waals surface area contributed by atoms with Crippen LogP contribution >= 0.6 is 0 Å². The molecule has 0 atom stereocenters. The molecule has 1 aliphatic rings. The third-order valence-electron chi connectivity index (χ3n) is 2.82. The van der Waals surface area contributed by atoms with Gasteiger partial charge in [0.05, 0.1) is 5.52 Å². The van der Waals surface area contributed by atoms with Gasteiger partial charge in [-0.1, -0.05) is 0 Å². The minimum Gasteiger partial charge on any atom is -0.399 e. The Bertz CT molecular complexity index is 487. The Hall–Kier alpha value is -1.57. The highest BCUT2D eigenvalue weighted by molar-refractivity contribution is 5.85. The molecule has 0 radical (unpaired) electrons. The number of aromatic nitrogens is 1. The van der Waals surface area contributed by atoms with Gasteiger partial charge < -0.3 is 5.73 Å². The van der Waals surface area contributed by atoms with Gasteiger partial charge in [0.1, 0.15) is 0 Å². The lowest BCUT2D eigenvalue weighted by atomic mass is 10.0. The highest BCUT2D eigenvalue weighted by Crippen LogP contribution is 2.42. The fourth-order valence-electron chi connectivity index (χ4n) is 1.94. The lowest BCUT2D eigenvalue weighted by molar-refractivity contribution is 1.14. The van der Waals surface area contributed by atoms with E-state index in [1.807, 2.05) is 24.4 Å². The second-order valence-electron chi connectivity index (χ2n) is 3.95. The van der Waals surface area contributed by atoms with E-state index in [0.717, 1.165) is 17.1 Å². The molecule has 1 aromatic carbocycles. The quantitative estimate of drug-likeness (QED) is 0.692. The Morgan fingerprint density at radius 2 is 2.07 bits per heavy atom. The first-order valence-electron chi connectivity index (χ1n) is 4.99. The number of pyridine rings is 1. The van der Waals surface area contributed by atoms with Crippen molar-refractivity contribution in [3.63, 3.8) is 0 Å². The van der Waals surface area contributed by atoms with E-state index in [1.165, 1.54) is 23.8 Å². The van der Waals surface area contributed by atoms with Crippen molar-refractivity contribution in [2.45, 2.75) is 18.8 Å². The van der Waals surface area contributed by atoms with Crippen LogP contribution in [0.2, 0.25) is 0 Å². The molecule has 1 aromatic heterocycles. The maximum Gasteiger partial charge on any atom is 0.0706 e. The largest absolute Gasteiger partial charge is 0.399 e. The summed E-state index contributed by atoms with van der Waals surface area (Å²) in [5, 5.41) is 1.23. The second-order valence-corrected chi connectivity index (χ2v) is 3.95. The molecule has 0 saturated heterocycles. The van der Waals surface area contributed by atoms with Crippen LogP contribution < -0.4 is 5.73 Å². The van der Waals surface area contributed by atoms with Gasteiger partial charge >= 0.3 is 0 Å². The second kappa shape index (κ2) is 2.71. The number of benzene rings is 1. The number of hydrogen-bond donors (Lipinski definition) is 1. The molecule has 1 aliphatic carbocycles. The topological polar surface area (TPSA) is 38.9 Å². The normalized spacial score (nSPS) is 16.0. The van der Waals surface area contributed by atoms with Crippen molar-refractivity contribution < 1.29 is 0 Å². The molecular formula is C12H12N2. The highest BCUT2D eigenvalue weighted by atomic mass is 14.7. The number of nitrogen functional groups attached to an aromatic ring is 1. The van der Waals surface area contributed by atoms with Crippen molar-refractivity contribution in [2.24, 2.45) is 0 Å². The molecule has 1 fully saturated rings. The number of nitrogens with two attached hydrogens (primary N) is 1. The summed E-state index contributed by atoms with van der Waals surface area (Å²) < 4.78 is 0. The lowest BCUT2D eigenvalue weighted by Crippen LogP contribution is -1.89. The zero-order chi connectivity index (χ0) is 9.54. The molecular weight excluding hydrogens is 172 g/mol. The monoisotopic (exact) mass is 184 g/mol. The Morgan fingerprint density at radius 3 is 2.86 bits per heavy atom. The number of anilines is 1. The maximum absolute atomic E-state index is 5.79. The predicted octanol–water partition coefficient (Wildman–Crippen LogP) is 2.69. The van der Waals surface area contributed by atoms with Crippen molar-refractivity contribution in [1.82, 2.24) is 4.98 Å². The molecule has 2 heteroatoms. The molecule has 2 nitrogen and oxygen atoms in total. The van der Waals surface area contributed by atoms with Gasteiger partial charge in [-0.2, -0.15) is 0 Å². The van der Waals surface area contributed by atoms with Gasteiger partial charge in [-0.3, -0.25) is 4.98 Å². The van der Waals surface area contributed by atoms with Crippen molar-refractivity contribution >= 4 is 16.6 Å². The zero-order valence-electron chi connectivity index (χ0n) is 7.90. The van der Waals surface area contributed by atoms with Crippen LogP contribution in [-0.4, -0.2) is 4.98 Å². The first-order chi connectivity index (χ1) is 6.84. The molecule has 3 rings (SSSR count). The van der Waals surface area contributed by atoms with Crippen molar-refractivity contribution in [3.05, 3.63) is 36.0 Å². The maximum atomic E-state index is 5.79. The van der Waals surface area contributed by atoms with Gasteiger partial charge in [0.2, 0.25) is 0 Å². The molecule has 1 saturated carbocycles. The van der Waals surface area contributed by atoms with Crippen LogP contribution in [0.3, 0.4) is 0 Å². The highest BCUT2D eigenvalue weighted by Gasteiger charge is 2.25. The zero-order valence-corrected chi connectivity index (χ0v) is 7.90. The van der Waals surface area contributed by atoms with Crippen LogP contribution in [0.25, 0.3) is 10.9 Å². The molecule has 70 valence electrons. The summed E-state index contributed by atoms with van der Waals surface area (Å²) in [6.07, 6.45) is 4.52. The lowest BCUT2D eigenvalue weighted by Gasteiger charge is -2.04. The van der Waals surface area contributed by atoms with Crippen LogP contribution in [0.15, 0.2) is 30.5 Å². The summed E-state index contributed by atoms with van der Waals surface area (Å²) in [6, 6.07) is 8.07. The summed E-state index contributed by atoms with van der Waals surface area (Å²) in [5.74, 6) is 0.752. The first-order valence-corrected chi connectivity index (χ1v) is 4.99. The standard InChI is InChI=1S/C12H12N2/c13-9-3-4-12-11(7-9)10(5-6-14-12)8-1-2-8/h3-8H,1-2,13H2. The van der Waals surface area contributed by atoms with E-state index in [-0.39, 0.29) is 0 Å². The Kier molecular flexibility index (Phi) is 1.51. The van der Waals surface area contributed by atoms with Crippen LogP contribution in [-0.2, 0) is 0 Å². The van der Waals surface area contributed by atoms with Gasteiger partial charge in [0.15, 0.2) is 0 Å². The summed E-state index contributed by atoms with van der Waals surface area (Å²) in [7, 11) is 0. The van der Waals surface area contributed by atoms with Gasteiger partial charge in [-0.15, -0.1) is 0 Å². The molecule has 2 aromatic rings. The smallest absolute Gasteiger partial charge is 0.0706 e. The average Bonchev–Trinajstić information content (AvgIpc) is 3.00. The van der Waals surface area contributed by atoms with Crippen LogP contribution in [0, 0.1) is 0 Å². The van der Waals surface area contributed by atoms with E-state index in [9.17, 15) is 0 Å². The third-order valence-corrected chi connectivity index (χ3v) is 2.82. The van der Waals surface area contributed by atoms with Crippen LogP contribution in [0.1, 0.15) is 24.3 Å². The van der Waals surface area contributed by atoms with Crippen molar-refractivity contribution in [3.8, 4) is 0 Å². The number of fused-ring (bicyclic) bond motifs is 1. The molecule has 2 N–H and O–H groups in total. The van der Waals surface area contributed by atoms with E-state index in [1.54, 1.807) is 0 Å². The minimum atomic E-state index is 0.752. The van der Waals surface area contributed by atoms with Crippen LogP contribution in [0.5, 0.6) is 0 Å². The summed E-state index contributed by atoms with van der Waals surface area (Å²) in [5.41, 5.74) is 9.09. The molecule has 0 amide bonds. The Balaban J connectivity index is 2.32. The molecule has 0 spiro atoms. The molecule has 0 bridgehead atoms. The van der Waals surface area contributed by atoms with Crippen molar-refractivity contribution in [2.75, 3.05) is 5.73 Å². The fourth-order valence-corrected chi connectivity index (χ4v) is 1.94. The Labute approximate surface area is 82.8 Å². The number of rotatable bonds is 1. The fraction of sp³-hybridized carbons (Fsp3) is 0.250. The van der Waals surface area contributed by atoms with Gasteiger partial charge in [-0.05, 0) is 48.6 Å². The van der Waals surface area contributed by atoms with Crippen LogP contribution in [0.4, 0.5) is 5.69 Å². The minimum absolute atomic E-state index is 0.752. The Morgan fingerprint density at radius 1 is 1.21 bits per heavy atom. The molecule has 0 unspecified atom stereocenters. The summed E-state index contributed by atoms with van der Waals surface area (Å²) in [6.45, 7) is 0. The van der Waals surface area contributed by atoms with Gasteiger partial charge in [0, 0.05) is 17.3 Å². The van der Waals surface area contributed by atoms with E-state index < -0.39 is 0 Å². The van der Waals surface area contributed by atoms with Crippen molar-refractivity contribution in [1.29, 1.82) is 0 Å². The van der Waals surface area contributed by atoms with E-state index in [4.69, 9.17) is 5.73 Å². The van der Waals surface area contributed by atoms with E-state index >= 15 is 0 Å². The summed E-state index contributed by atoms with van der Waals surface area (Å²) in [4.78, 5) is 4.34. The summed E-state index contributed by atoms with van der Waals surface area (Å²) >= 11 is 0. The molecule has 14 heavy (non-hydrogen) atoms. The van der Waals surface area contributed by atoms with E-state index in [0.29, 0.717) is 0 Å². The SMILES string of the molecule is Nc1ccc2nccc(C3CC3)c2c1. The molecule has 1 heterocycles. The number of nitrogens with zero attached hydrogens (tertiary/aromatic N) is 1. The first kappa shape index (κ1) is 7.80. The average molecular weight is 184 g/mol. The van der Waals surface area contributed by atoms with Gasteiger partial charge in [-0.25, -0.2) is 0 Å².